The van der Waals surface area contributed by atoms with E-state index in [0.717, 1.165) is 34.5 Å². The van der Waals surface area contributed by atoms with Gasteiger partial charge in [0, 0.05) is 10.9 Å². The van der Waals surface area contributed by atoms with Gasteiger partial charge in [0.1, 0.15) is 5.75 Å². The van der Waals surface area contributed by atoms with E-state index in [-0.39, 0.29) is 0 Å². The number of fused-ring (bicyclic) bond motifs is 2. The Labute approximate surface area is 116 Å². The Morgan fingerprint density at radius 3 is 2.89 bits per heavy atom. The lowest BCUT2D eigenvalue weighted by atomic mass is 9.79. The fourth-order valence-corrected chi connectivity index (χ4v) is 4.26. The summed E-state index contributed by atoms with van der Waals surface area (Å²) >= 11 is 3.50. The maximum atomic E-state index is 10.9. The number of ether oxygens (including phenoxy) is 1. The second kappa shape index (κ2) is 4.53. The van der Waals surface area contributed by atoms with Crippen LogP contribution in [-0.2, 0) is 6.42 Å². The van der Waals surface area contributed by atoms with E-state index in [1.54, 1.807) is 7.11 Å². The summed E-state index contributed by atoms with van der Waals surface area (Å²) in [4.78, 5) is 0. The van der Waals surface area contributed by atoms with E-state index in [4.69, 9.17) is 4.74 Å². The van der Waals surface area contributed by atoms with Gasteiger partial charge in [-0.15, -0.1) is 0 Å². The Balaban J connectivity index is 1.86. The Bertz CT molecular complexity index is 460. The molecule has 3 heteroatoms. The molecule has 2 nitrogen and oxygen atoms in total. The van der Waals surface area contributed by atoms with Gasteiger partial charge in [-0.1, -0.05) is 15.9 Å². The van der Waals surface area contributed by atoms with Crippen LogP contribution in [0, 0.1) is 11.8 Å². The Kier molecular flexibility index (Phi) is 3.15. The van der Waals surface area contributed by atoms with Gasteiger partial charge in [0.05, 0.1) is 12.7 Å². The monoisotopic (exact) mass is 310 g/mol. The van der Waals surface area contributed by atoms with Gasteiger partial charge >= 0.3 is 0 Å². The van der Waals surface area contributed by atoms with Gasteiger partial charge in [-0.3, -0.25) is 0 Å². The third-order valence-corrected chi connectivity index (χ3v) is 5.18. The summed E-state index contributed by atoms with van der Waals surface area (Å²) in [6, 6.07) is 6.02. The van der Waals surface area contributed by atoms with Crippen LogP contribution in [0.4, 0.5) is 0 Å². The quantitative estimate of drug-likeness (QED) is 0.925. The van der Waals surface area contributed by atoms with E-state index in [0.29, 0.717) is 5.92 Å². The molecule has 2 saturated carbocycles. The zero-order valence-corrected chi connectivity index (χ0v) is 12.2. The van der Waals surface area contributed by atoms with Crippen LogP contribution in [0.15, 0.2) is 22.7 Å². The highest BCUT2D eigenvalue weighted by Crippen LogP contribution is 2.52. The van der Waals surface area contributed by atoms with Crippen molar-refractivity contribution in [1.29, 1.82) is 0 Å². The van der Waals surface area contributed by atoms with E-state index in [1.165, 1.54) is 19.3 Å². The summed E-state index contributed by atoms with van der Waals surface area (Å²) in [5, 5.41) is 10.9. The SMILES string of the molecule is COc1ccc(Br)cc1CC1(O)CC2CCC1C2. The number of hydrogen-bond acceptors (Lipinski definition) is 2. The smallest absolute Gasteiger partial charge is 0.122 e. The zero-order chi connectivity index (χ0) is 12.8. The molecular formula is C15H19BrO2. The summed E-state index contributed by atoms with van der Waals surface area (Å²) in [6.45, 7) is 0. The number of methoxy groups -OCH3 is 1. The average molecular weight is 311 g/mol. The summed E-state index contributed by atoms with van der Waals surface area (Å²) in [6.07, 6.45) is 5.40. The van der Waals surface area contributed by atoms with Crippen LogP contribution in [0.3, 0.4) is 0 Å². The lowest BCUT2D eigenvalue weighted by molar-refractivity contribution is -0.0129. The molecule has 0 heterocycles. The molecule has 2 bridgehead atoms. The van der Waals surface area contributed by atoms with E-state index in [1.807, 2.05) is 12.1 Å². The molecule has 1 N–H and O–H groups in total. The number of benzene rings is 1. The van der Waals surface area contributed by atoms with Crippen molar-refractivity contribution in [2.24, 2.45) is 11.8 Å². The van der Waals surface area contributed by atoms with Gasteiger partial charge in [0.25, 0.3) is 0 Å². The van der Waals surface area contributed by atoms with Crippen LogP contribution in [0.5, 0.6) is 5.75 Å². The standard InChI is InChI=1S/C15H19BrO2/c1-18-14-5-4-13(16)7-11(14)9-15(17)8-10-2-3-12(15)6-10/h4-5,7,10,12,17H,2-3,6,8-9H2,1H3. The maximum absolute atomic E-state index is 10.9. The lowest BCUT2D eigenvalue weighted by Crippen LogP contribution is -2.37. The molecule has 2 aliphatic rings. The van der Waals surface area contributed by atoms with Crippen LogP contribution in [0.2, 0.25) is 0 Å². The van der Waals surface area contributed by atoms with Gasteiger partial charge in [0.15, 0.2) is 0 Å². The second-order valence-corrected chi connectivity index (χ2v) is 6.73. The van der Waals surface area contributed by atoms with Crippen LogP contribution in [-0.4, -0.2) is 17.8 Å². The average Bonchev–Trinajstić information content (AvgIpc) is 2.89. The first-order valence-corrected chi connectivity index (χ1v) is 7.45. The molecule has 0 radical (unpaired) electrons. The zero-order valence-electron chi connectivity index (χ0n) is 10.7. The molecule has 1 aromatic carbocycles. The van der Waals surface area contributed by atoms with Crippen LogP contribution in [0.1, 0.15) is 31.2 Å². The Morgan fingerprint density at radius 2 is 2.28 bits per heavy atom. The molecule has 0 spiro atoms. The van der Waals surface area contributed by atoms with Gasteiger partial charge in [0.2, 0.25) is 0 Å². The molecule has 0 aliphatic heterocycles. The predicted octanol–water partition coefficient (Wildman–Crippen LogP) is 3.55. The third kappa shape index (κ3) is 2.08. The first-order valence-electron chi connectivity index (χ1n) is 6.65. The van der Waals surface area contributed by atoms with E-state index in [2.05, 4.69) is 22.0 Å². The van der Waals surface area contributed by atoms with Crippen LogP contribution < -0.4 is 4.74 Å². The van der Waals surface area contributed by atoms with Crippen molar-refractivity contribution < 1.29 is 9.84 Å². The fourth-order valence-electron chi connectivity index (χ4n) is 3.85. The molecule has 0 aromatic heterocycles. The molecular weight excluding hydrogens is 292 g/mol. The van der Waals surface area contributed by atoms with Gasteiger partial charge in [-0.25, -0.2) is 0 Å². The van der Waals surface area contributed by atoms with E-state index >= 15 is 0 Å². The highest BCUT2D eigenvalue weighted by atomic mass is 79.9. The largest absolute Gasteiger partial charge is 0.496 e. The summed E-state index contributed by atoms with van der Waals surface area (Å²) < 4.78 is 6.45. The molecule has 2 aliphatic carbocycles. The van der Waals surface area contributed by atoms with Crippen molar-refractivity contribution in [1.82, 2.24) is 0 Å². The highest BCUT2D eigenvalue weighted by molar-refractivity contribution is 9.10. The minimum atomic E-state index is -0.503. The summed E-state index contributed by atoms with van der Waals surface area (Å²) in [5.74, 6) is 2.12. The molecule has 3 unspecified atom stereocenters. The fraction of sp³-hybridized carbons (Fsp3) is 0.600. The number of aliphatic hydroxyl groups is 1. The topological polar surface area (TPSA) is 29.5 Å². The van der Waals surface area contributed by atoms with Crippen LogP contribution in [0.25, 0.3) is 0 Å². The van der Waals surface area contributed by atoms with Crippen molar-refractivity contribution in [3.8, 4) is 5.75 Å². The molecule has 1 aromatic rings. The normalized spacial score (nSPS) is 33.9. The molecule has 18 heavy (non-hydrogen) atoms. The maximum Gasteiger partial charge on any atom is 0.122 e. The third-order valence-electron chi connectivity index (χ3n) is 4.68. The van der Waals surface area contributed by atoms with Crippen molar-refractivity contribution in [3.05, 3.63) is 28.2 Å². The number of halogens is 1. The molecule has 0 saturated heterocycles. The minimum Gasteiger partial charge on any atom is -0.496 e. The van der Waals surface area contributed by atoms with Gasteiger partial charge < -0.3 is 9.84 Å². The first-order chi connectivity index (χ1) is 8.60. The second-order valence-electron chi connectivity index (χ2n) is 5.82. The minimum absolute atomic E-state index is 0.492. The van der Waals surface area contributed by atoms with E-state index in [9.17, 15) is 5.11 Å². The van der Waals surface area contributed by atoms with Gasteiger partial charge in [-0.2, -0.15) is 0 Å². The van der Waals surface area contributed by atoms with Crippen molar-refractivity contribution in [3.63, 3.8) is 0 Å². The van der Waals surface area contributed by atoms with Crippen molar-refractivity contribution >= 4 is 15.9 Å². The number of hydrogen-bond donors (Lipinski definition) is 1. The van der Waals surface area contributed by atoms with E-state index < -0.39 is 5.60 Å². The molecule has 2 fully saturated rings. The molecule has 98 valence electrons. The Hall–Kier alpha value is -0.540. The predicted molar refractivity (Wildman–Crippen MR) is 74.8 cm³/mol. The van der Waals surface area contributed by atoms with Crippen molar-refractivity contribution in [2.45, 2.75) is 37.7 Å². The highest BCUT2D eigenvalue weighted by Gasteiger charge is 2.49. The molecule has 0 amide bonds. The lowest BCUT2D eigenvalue weighted by Gasteiger charge is -2.33. The van der Waals surface area contributed by atoms with Crippen molar-refractivity contribution in [2.75, 3.05) is 7.11 Å². The van der Waals surface area contributed by atoms with Crippen LogP contribution >= 0.6 is 15.9 Å². The number of rotatable bonds is 3. The van der Waals surface area contributed by atoms with Gasteiger partial charge in [-0.05, 0) is 61.3 Å². The summed E-state index contributed by atoms with van der Waals surface area (Å²) in [5.41, 5.74) is 0.610. The first kappa shape index (κ1) is 12.5. The molecule has 3 rings (SSSR count). The Morgan fingerprint density at radius 1 is 1.44 bits per heavy atom. The summed E-state index contributed by atoms with van der Waals surface area (Å²) in [7, 11) is 1.69. The molecule has 3 atom stereocenters.